The highest BCUT2D eigenvalue weighted by Crippen LogP contribution is 2.31. The quantitative estimate of drug-likeness (QED) is 0.712. The molecule has 4 heteroatoms. The van der Waals surface area contributed by atoms with Gasteiger partial charge in [0.05, 0.1) is 17.5 Å². The molecule has 0 amide bonds. The van der Waals surface area contributed by atoms with E-state index >= 15 is 0 Å². The lowest BCUT2D eigenvalue weighted by atomic mass is 9.92. The molecule has 0 aliphatic heterocycles. The molecule has 3 nitrogen and oxygen atoms in total. The van der Waals surface area contributed by atoms with Gasteiger partial charge in [0.25, 0.3) is 0 Å². The highest BCUT2D eigenvalue weighted by Gasteiger charge is 2.19. The molecule has 0 radical (unpaired) electrons. The Kier molecular flexibility index (Phi) is 4.82. The van der Waals surface area contributed by atoms with Crippen LogP contribution in [0.5, 0.6) is 5.75 Å². The van der Waals surface area contributed by atoms with Crippen molar-refractivity contribution in [2.75, 3.05) is 6.61 Å². The van der Waals surface area contributed by atoms with Gasteiger partial charge in [-0.05, 0) is 37.8 Å². The molecule has 2 rings (SSSR count). The van der Waals surface area contributed by atoms with Gasteiger partial charge in [-0.15, -0.1) is 11.6 Å². The Labute approximate surface area is 132 Å². The van der Waals surface area contributed by atoms with Gasteiger partial charge in [-0.2, -0.15) is 0 Å². The van der Waals surface area contributed by atoms with Crippen LogP contribution >= 0.6 is 11.6 Å². The maximum atomic E-state index is 6.34. The molecule has 0 aliphatic carbocycles. The number of aromatic nitrogens is 2. The molecule has 0 saturated heterocycles. The topological polar surface area (TPSA) is 27.1 Å². The zero-order chi connectivity index (χ0) is 15.6. The summed E-state index contributed by atoms with van der Waals surface area (Å²) in [5.74, 6) is 1.76. The van der Waals surface area contributed by atoms with Crippen molar-refractivity contribution in [1.29, 1.82) is 0 Å². The smallest absolute Gasteiger partial charge is 0.147 e. The normalized spacial score (nSPS) is 13.6. The number of para-hydroxylation sites is 1. The second kappa shape index (κ2) is 6.27. The first-order valence-electron chi connectivity index (χ1n) is 7.59. The monoisotopic (exact) mass is 308 g/mol. The van der Waals surface area contributed by atoms with Crippen molar-refractivity contribution >= 4 is 22.6 Å². The number of ether oxygens (including phenoxy) is 1. The third-order valence-electron chi connectivity index (χ3n) is 3.51. The molecule has 0 fully saturated rings. The number of nitrogens with zero attached hydrogens (tertiary/aromatic N) is 2. The van der Waals surface area contributed by atoms with Crippen LogP contribution in [0.25, 0.3) is 11.0 Å². The Balaban J connectivity index is 2.50. The number of imidazole rings is 1. The Morgan fingerprint density at radius 2 is 2.05 bits per heavy atom. The average molecular weight is 309 g/mol. The Morgan fingerprint density at radius 3 is 2.62 bits per heavy atom. The minimum Gasteiger partial charge on any atom is -0.492 e. The maximum absolute atomic E-state index is 6.34. The fourth-order valence-electron chi connectivity index (χ4n) is 2.40. The highest BCUT2D eigenvalue weighted by atomic mass is 35.5. The van der Waals surface area contributed by atoms with Crippen molar-refractivity contribution in [3.8, 4) is 5.75 Å². The molecule has 116 valence electrons. The van der Waals surface area contributed by atoms with Gasteiger partial charge < -0.3 is 9.30 Å². The molecule has 1 aromatic heterocycles. The molecule has 1 atom stereocenters. The van der Waals surface area contributed by atoms with E-state index in [-0.39, 0.29) is 10.8 Å². The van der Waals surface area contributed by atoms with Crippen molar-refractivity contribution in [3.63, 3.8) is 0 Å². The Hall–Kier alpha value is -1.22. The van der Waals surface area contributed by atoms with E-state index in [1.54, 1.807) is 0 Å². The summed E-state index contributed by atoms with van der Waals surface area (Å²) in [4.78, 5) is 4.74. The van der Waals surface area contributed by atoms with Crippen molar-refractivity contribution < 1.29 is 4.74 Å². The fraction of sp³-hybridized carbons (Fsp3) is 0.588. The molecule has 2 aromatic rings. The molecule has 0 N–H and O–H groups in total. The SMILES string of the molecule is CCOc1cccc2c1nc(C(C)Cl)n2CCC(C)(C)C. The minimum absolute atomic E-state index is 0.119. The first kappa shape index (κ1) is 16.2. The van der Waals surface area contributed by atoms with Crippen molar-refractivity contribution in [1.82, 2.24) is 9.55 Å². The largest absolute Gasteiger partial charge is 0.492 e. The van der Waals surface area contributed by atoms with Crippen LogP contribution in [0.3, 0.4) is 0 Å². The number of fused-ring (bicyclic) bond motifs is 1. The molecule has 1 heterocycles. The fourth-order valence-corrected chi connectivity index (χ4v) is 2.56. The van der Waals surface area contributed by atoms with Gasteiger partial charge in [0.2, 0.25) is 0 Å². The van der Waals surface area contributed by atoms with E-state index in [1.165, 1.54) is 0 Å². The molecule has 0 spiro atoms. The molecule has 21 heavy (non-hydrogen) atoms. The number of hydrogen-bond donors (Lipinski definition) is 0. The number of hydrogen-bond acceptors (Lipinski definition) is 2. The minimum atomic E-state index is -0.119. The number of aryl methyl sites for hydroxylation is 1. The van der Waals surface area contributed by atoms with Crippen LogP contribution in [-0.2, 0) is 6.54 Å². The zero-order valence-corrected chi connectivity index (χ0v) is 14.4. The van der Waals surface area contributed by atoms with Gasteiger partial charge in [-0.3, -0.25) is 0 Å². The second-order valence-corrected chi connectivity index (χ2v) is 7.26. The lowest BCUT2D eigenvalue weighted by Gasteiger charge is -2.20. The lowest BCUT2D eigenvalue weighted by Crippen LogP contribution is -2.12. The summed E-state index contributed by atoms with van der Waals surface area (Å²) in [5, 5.41) is -0.119. The summed E-state index contributed by atoms with van der Waals surface area (Å²) >= 11 is 6.34. The maximum Gasteiger partial charge on any atom is 0.147 e. The molecular formula is C17H25ClN2O. The van der Waals surface area contributed by atoms with Gasteiger partial charge in [-0.1, -0.05) is 26.8 Å². The number of benzene rings is 1. The van der Waals surface area contributed by atoms with E-state index in [1.807, 2.05) is 26.0 Å². The molecule has 1 aromatic carbocycles. The molecule has 0 bridgehead atoms. The Morgan fingerprint density at radius 1 is 1.33 bits per heavy atom. The summed E-state index contributed by atoms with van der Waals surface area (Å²) < 4.78 is 7.93. The van der Waals surface area contributed by atoms with Crippen molar-refractivity contribution in [2.24, 2.45) is 5.41 Å². The van der Waals surface area contributed by atoms with E-state index in [4.69, 9.17) is 21.3 Å². The van der Waals surface area contributed by atoms with E-state index < -0.39 is 0 Å². The van der Waals surface area contributed by atoms with Crippen molar-refractivity contribution in [2.45, 2.75) is 53.0 Å². The van der Waals surface area contributed by atoms with Crippen LogP contribution in [0, 0.1) is 5.41 Å². The second-order valence-electron chi connectivity index (χ2n) is 6.61. The highest BCUT2D eigenvalue weighted by molar-refractivity contribution is 6.20. The first-order chi connectivity index (χ1) is 9.83. The zero-order valence-electron chi connectivity index (χ0n) is 13.6. The van der Waals surface area contributed by atoms with Crippen LogP contribution in [-0.4, -0.2) is 16.2 Å². The molecule has 0 saturated carbocycles. The summed E-state index contributed by atoms with van der Waals surface area (Å²) in [6.45, 7) is 12.3. The standard InChI is InChI=1S/C17H25ClN2O/c1-6-21-14-9-7-8-13-15(14)19-16(12(2)18)20(13)11-10-17(3,4)5/h7-9,12H,6,10-11H2,1-5H3. The predicted molar refractivity (Wildman–Crippen MR) is 89.2 cm³/mol. The van der Waals surface area contributed by atoms with Crippen LogP contribution < -0.4 is 4.74 Å². The van der Waals surface area contributed by atoms with Crippen LogP contribution in [0.4, 0.5) is 0 Å². The van der Waals surface area contributed by atoms with Gasteiger partial charge in [-0.25, -0.2) is 4.98 Å². The predicted octanol–water partition coefficient (Wildman–Crippen LogP) is 5.17. The van der Waals surface area contributed by atoms with E-state index in [0.717, 1.165) is 35.6 Å². The number of halogens is 1. The van der Waals surface area contributed by atoms with Gasteiger partial charge in [0, 0.05) is 6.54 Å². The number of rotatable bonds is 5. The van der Waals surface area contributed by atoms with Gasteiger partial charge in [0.1, 0.15) is 17.1 Å². The molecule has 1 unspecified atom stereocenters. The van der Waals surface area contributed by atoms with Gasteiger partial charge in [0.15, 0.2) is 0 Å². The van der Waals surface area contributed by atoms with E-state index in [0.29, 0.717) is 6.61 Å². The number of alkyl halides is 1. The van der Waals surface area contributed by atoms with Crippen molar-refractivity contribution in [3.05, 3.63) is 24.0 Å². The molecular weight excluding hydrogens is 284 g/mol. The van der Waals surface area contributed by atoms with Crippen LogP contribution in [0.15, 0.2) is 18.2 Å². The molecule has 0 aliphatic rings. The third kappa shape index (κ3) is 3.70. The van der Waals surface area contributed by atoms with Crippen LogP contribution in [0.1, 0.15) is 52.2 Å². The summed E-state index contributed by atoms with van der Waals surface area (Å²) in [6, 6.07) is 6.08. The summed E-state index contributed by atoms with van der Waals surface area (Å²) in [5.41, 5.74) is 2.30. The summed E-state index contributed by atoms with van der Waals surface area (Å²) in [7, 11) is 0. The Bertz CT molecular complexity index is 611. The third-order valence-corrected chi connectivity index (χ3v) is 3.71. The first-order valence-corrected chi connectivity index (χ1v) is 8.03. The van der Waals surface area contributed by atoms with Gasteiger partial charge >= 0.3 is 0 Å². The van der Waals surface area contributed by atoms with Crippen LogP contribution in [0.2, 0.25) is 0 Å². The average Bonchev–Trinajstić information content (AvgIpc) is 2.76. The lowest BCUT2D eigenvalue weighted by molar-refractivity contribution is 0.343. The van der Waals surface area contributed by atoms with E-state index in [2.05, 4.69) is 31.4 Å². The summed E-state index contributed by atoms with van der Waals surface area (Å²) in [6.07, 6.45) is 1.08. The van der Waals surface area contributed by atoms with E-state index in [9.17, 15) is 0 Å².